The van der Waals surface area contributed by atoms with Gasteiger partial charge in [0.15, 0.2) is 5.78 Å². The summed E-state index contributed by atoms with van der Waals surface area (Å²) in [7, 11) is 0. The number of hydrogen-bond acceptors (Lipinski definition) is 1. The first kappa shape index (κ1) is 13.5. The van der Waals surface area contributed by atoms with Gasteiger partial charge in [-0.15, -0.1) is 0 Å². The summed E-state index contributed by atoms with van der Waals surface area (Å²) in [5, 5.41) is 0. The summed E-state index contributed by atoms with van der Waals surface area (Å²) in [5.41, 5.74) is 3.74. The number of aryl methyl sites for hydroxylation is 2. The third-order valence-corrected chi connectivity index (χ3v) is 6.24. The fraction of sp³-hybridized carbons (Fsp3) is 0.650. The van der Waals surface area contributed by atoms with Crippen molar-refractivity contribution in [2.24, 2.45) is 23.2 Å². The zero-order chi connectivity index (χ0) is 14.6. The number of carbonyl (C=O) groups excluding carboxylic acids is 1. The van der Waals surface area contributed by atoms with Crippen molar-refractivity contribution in [3.05, 3.63) is 34.9 Å². The van der Waals surface area contributed by atoms with Gasteiger partial charge < -0.3 is 0 Å². The lowest BCUT2D eigenvalue weighted by molar-refractivity contribution is -0.0524. The molecule has 0 unspecified atom stereocenters. The van der Waals surface area contributed by atoms with Gasteiger partial charge in [-0.2, -0.15) is 0 Å². The maximum atomic E-state index is 12.8. The predicted molar refractivity (Wildman–Crippen MR) is 85.5 cm³/mol. The Hall–Kier alpha value is -1.11. The van der Waals surface area contributed by atoms with Gasteiger partial charge in [0.25, 0.3) is 0 Å². The van der Waals surface area contributed by atoms with Crippen LogP contribution in [0.15, 0.2) is 18.2 Å². The molecule has 0 N–H and O–H groups in total. The molecule has 4 aliphatic carbocycles. The molecular formula is C20H26O. The zero-order valence-corrected chi connectivity index (χ0v) is 13.3. The van der Waals surface area contributed by atoms with Gasteiger partial charge >= 0.3 is 0 Å². The van der Waals surface area contributed by atoms with Crippen LogP contribution in [0.2, 0.25) is 0 Å². The first-order valence-corrected chi connectivity index (χ1v) is 8.63. The highest BCUT2D eigenvalue weighted by Crippen LogP contribution is 2.61. The molecule has 4 saturated carbocycles. The summed E-state index contributed by atoms with van der Waals surface area (Å²) >= 11 is 0. The van der Waals surface area contributed by atoms with Gasteiger partial charge in [-0.25, -0.2) is 0 Å². The number of carbonyl (C=O) groups is 1. The van der Waals surface area contributed by atoms with Crippen molar-refractivity contribution in [3.8, 4) is 0 Å². The Labute approximate surface area is 128 Å². The lowest BCUT2D eigenvalue weighted by Gasteiger charge is -2.56. The van der Waals surface area contributed by atoms with Crippen molar-refractivity contribution in [1.29, 1.82) is 0 Å². The monoisotopic (exact) mass is 282 g/mol. The SMILES string of the molecule is Cc1cc(C)cc(C(=O)CC23CC4CC(CC(C4)C2)C3)c1. The summed E-state index contributed by atoms with van der Waals surface area (Å²) in [6.07, 6.45) is 9.16. The second-order valence-corrected chi connectivity index (χ2v) is 8.39. The number of ketones is 1. The molecule has 0 heterocycles. The normalized spacial score (nSPS) is 37.0. The first-order chi connectivity index (χ1) is 10.0. The van der Waals surface area contributed by atoms with Crippen molar-refractivity contribution in [2.45, 2.75) is 58.8 Å². The fourth-order valence-corrected chi connectivity index (χ4v) is 6.08. The maximum Gasteiger partial charge on any atom is 0.163 e. The topological polar surface area (TPSA) is 17.1 Å². The molecule has 0 radical (unpaired) electrons. The molecule has 0 aromatic heterocycles. The fourth-order valence-electron chi connectivity index (χ4n) is 6.08. The average molecular weight is 282 g/mol. The highest BCUT2D eigenvalue weighted by Gasteiger charge is 2.51. The summed E-state index contributed by atoms with van der Waals surface area (Å²) < 4.78 is 0. The van der Waals surface area contributed by atoms with Crippen molar-refractivity contribution in [2.75, 3.05) is 0 Å². The van der Waals surface area contributed by atoms with Crippen LogP contribution in [0, 0.1) is 37.0 Å². The van der Waals surface area contributed by atoms with Crippen LogP contribution in [-0.2, 0) is 0 Å². The van der Waals surface area contributed by atoms with Gasteiger partial charge in [-0.1, -0.05) is 17.2 Å². The van der Waals surface area contributed by atoms with Crippen molar-refractivity contribution < 1.29 is 4.79 Å². The molecule has 0 amide bonds. The van der Waals surface area contributed by atoms with Crippen LogP contribution in [0.5, 0.6) is 0 Å². The van der Waals surface area contributed by atoms with E-state index in [2.05, 4.69) is 32.0 Å². The predicted octanol–water partition coefficient (Wildman–Crippen LogP) is 5.09. The average Bonchev–Trinajstić information content (AvgIpc) is 2.35. The van der Waals surface area contributed by atoms with E-state index in [0.717, 1.165) is 29.7 Å². The molecule has 21 heavy (non-hydrogen) atoms. The number of benzene rings is 1. The van der Waals surface area contributed by atoms with Crippen LogP contribution in [0.1, 0.15) is 66.4 Å². The summed E-state index contributed by atoms with van der Waals surface area (Å²) in [6.45, 7) is 4.18. The van der Waals surface area contributed by atoms with Crippen LogP contribution < -0.4 is 0 Å². The van der Waals surface area contributed by atoms with Crippen molar-refractivity contribution in [3.63, 3.8) is 0 Å². The van der Waals surface area contributed by atoms with Gasteiger partial charge in [-0.3, -0.25) is 4.79 Å². The molecule has 0 atom stereocenters. The van der Waals surface area contributed by atoms with E-state index >= 15 is 0 Å². The Morgan fingerprint density at radius 1 is 0.952 bits per heavy atom. The third kappa shape index (κ3) is 2.45. The molecule has 4 aliphatic rings. The number of rotatable bonds is 3. The molecule has 4 bridgehead atoms. The molecule has 4 fully saturated rings. The van der Waals surface area contributed by atoms with E-state index in [1.54, 1.807) is 0 Å². The molecule has 1 heteroatoms. The largest absolute Gasteiger partial charge is 0.294 e. The van der Waals surface area contributed by atoms with E-state index in [0.29, 0.717) is 11.2 Å². The third-order valence-electron chi connectivity index (χ3n) is 6.24. The second-order valence-electron chi connectivity index (χ2n) is 8.39. The smallest absolute Gasteiger partial charge is 0.163 e. The minimum absolute atomic E-state index is 0.365. The van der Waals surface area contributed by atoms with E-state index in [-0.39, 0.29) is 0 Å². The van der Waals surface area contributed by atoms with Crippen molar-refractivity contribution in [1.82, 2.24) is 0 Å². The Kier molecular flexibility index (Phi) is 3.03. The molecule has 1 aromatic carbocycles. The molecule has 112 valence electrons. The highest BCUT2D eigenvalue weighted by atomic mass is 16.1. The summed E-state index contributed by atoms with van der Waals surface area (Å²) in [5.74, 6) is 3.19. The quantitative estimate of drug-likeness (QED) is 0.705. The van der Waals surface area contributed by atoms with Crippen LogP contribution in [0.4, 0.5) is 0 Å². The Bertz CT molecular complexity index is 528. The van der Waals surface area contributed by atoms with E-state index in [4.69, 9.17) is 0 Å². The molecule has 1 aromatic rings. The molecule has 0 spiro atoms. The van der Waals surface area contributed by atoms with Crippen LogP contribution in [-0.4, -0.2) is 5.78 Å². The summed E-state index contributed by atoms with van der Waals surface area (Å²) in [4.78, 5) is 12.8. The molecular weight excluding hydrogens is 256 g/mol. The molecule has 0 saturated heterocycles. The van der Waals surface area contributed by atoms with E-state index < -0.39 is 0 Å². The molecule has 1 nitrogen and oxygen atoms in total. The first-order valence-electron chi connectivity index (χ1n) is 8.63. The maximum absolute atomic E-state index is 12.8. The van der Waals surface area contributed by atoms with Gasteiger partial charge in [-0.05, 0) is 87.7 Å². The standard InChI is InChI=1S/C20H26O/c1-13-3-14(2)5-18(4-13)19(21)12-20-9-15-6-16(10-20)8-17(7-15)11-20/h3-5,15-17H,6-12H2,1-2H3. The van der Waals surface area contributed by atoms with Gasteiger partial charge in [0.05, 0.1) is 0 Å². The van der Waals surface area contributed by atoms with E-state index in [1.165, 1.54) is 49.7 Å². The number of hydrogen-bond donors (Lipinski definition) is 0. The minimum Gasteiger partial charge on any atom is -0.294 e. The number of Topliss-reactive ketones (excluding diaryl/α,β-unsaturated/α-hetero) is 1. The Morgan fingerprint density at radius 3 is 1.90 bits per heavy atom. The Morgan fingerprint density at radius 2 is 1.43 bits per heavy atom. The lowest BCUT2D eigenvalue weighted by Crippen LogP contribution is -2.46. The van der Waals surface area contributed by atoms with E-state index in [9.17, 15) is 4.79 Å². The minimum atomic E-state index is 0.365. The molecule has 0 aliphatic heterocycles. The van der Waals surface area contributed by atoms with Gasteiger partial charge in [0.1, 0.15) is 0 Å². The summed E-state index contributed by atoms with van der Waals surface area (Å²) in [6, 6.07) is 6.31. The van der Waals surface area contributed by atoms with Gasteiger partial charge in [0, 0.05) is 12.0 Å². The highest BCUT2D eigenvalue weighted by molar-refractivity contribution is 5.96. The van der Waals surface area contributed by atoms with Crippen molar-refractivity contribution >= 4 is 5.78 Å². The lowest BCUT2D eigenvalue weighted by atomic mass is 9.48. The zero-order valence-electron chi connectivity index (χ0n) is 13.3. The van der Waals surface area contributed by atoms with Gasteiger partial charge in [0.2, 0.25) is 0 Å². The van der Waals surface area contributed by atoms with Crippen LogP contribution in [0.3, 0.4) is 0 Å². The van der Waals surface area contributed by atoms with E-state index in [1.807, 2.05) is 0 Å². The Balaban J connectivity index is 1.56. The van der Waals surface area contributed by atoms with Crippen LogP contribution in [0.25, 0.3) is 0 Å². The second kappa shape index (κ2) is 4.69. The molecule has 5 rings (SSSR count). The van der Waals surface area contributed by atoms with Crippen LogP contribution >= 0.6 is 0 Å².